The van der Waals surface area contributed by atoms with Gasteiger partial charge in [-0.2, -0.15) is 4.31 Å². The summed E-state index contributed by atoms with van der Waals surface area (Å²) in [5.74, 6) is 0.588. The Morgan fingerprint density at radius 3 is 2.52 bits per heavy atom. The number of piperazine rings is 1. The second kappa shape index (κ2) is 10.6. The lowest BCUT2D eigenvalue weighted by atomic mass is 9.86. The Labute approximate surface area is 179 Å². The summed E-state index contributed by atoms with van der Waals surface area (Å²) in [7, 11) is -3.36. The van der Waals surface area contributed by atoms with Gasteiger partial charge in [-0.1, -0.05) is 49.8 Å². The Hall–Kier alpha value is -1.31. The third-order valence-corrected chi connectivity index (χ3v) is 8.10. The number of hydrogen-bond acceptors (Lipinski definition) is 4. The first-order valence-corrected chi connectivity index (χ1v) is 12.7. The summed E-state index contributed by atoms with van der Waals surface area (Å²) in [5.41, 5.74) is 1.01. The molecule has 1 aliphatic carbocycles. The maximum absolute atomic E-state index is 12.6. The minimum absolute atomic E-state index is 0.0310. The topological polar surface area (TPSA) is 69.7 Å². The van der Waals surface area contributed by atoms with Crippen LogP contribution in [0.4, 0.5) is 5.69 Å². The summed E-state index contributed by atoms with van der Waals surface area (Å²) >= 11 is 6.05. The molecule has 1 saturated carbocycles. The Bertz CT molecular complexity index is 773. The largest absolute Gasteiger partial charge is 0.369 e. The SMILES string of the molecule is O=C(CCC1CCCCC1)NCCS(=O)(=O)N1CCN(c2cccc(Cl)c2)CC1. The number of amides is 1. The van der Waals surface area contributed by atoms with Crippen molar-refractivity contribution in [3.8, 4) is 0 Å². The van der Waals surface area contributed by atoms with Gasteiger partial charge in [0.1, 0.15) is 0 Å². The van der Waals surface area contributed by atoms with Gasteiger partial charge in [0.15, 0.2) is 0 Å². The summed E-state index contributed by atoms with van der Waals surface area (Å²) in [4.78, 5) is 14.2. The fraction of sp³-hybridized carbons (Fsp3) is 0.667. The molecule has 8 heteroatoms. The molecule has 1 aliphatic heterocycles. The Morgan fingerprint density at radius 2 is 1.83 bits per heavy atom. The smallest absolute Gasteiger partial charge is 0.220 e. The normalized spacial score (nSPS) is 19.3. The monoisotopic (exact) mass is 441 g/mol. The van der Waals surface area contributed by atoms with Crippen molar-refractivity contribution in [3.05, 3.63) is 29.3 Å². The molecule has 1 aromatic rings. The molecule has 0 aromatic heterocycles. The number of nitrogens with zero attached hydrogens (tertiary/aromatic N) is 2. The second-order valence-electron chi connectivity index (χ2n) is 8.07. The highest BCUT2D eigenvalue weighted by Crippen LogP contribution is 2.27. The number of sulfonamides is 1. The van der Waals surface area contributed by atoms with Gasteiger partial charge in [-0.15, -0.1) is 0 Å². The van der Waals surface area contributed by atoms with Crippen molar-refractivity contribution in [1.82, 2.24) is 9.62 Å². The zero-order chi connectivity index (χ0) is 20.7. The summed E-state index contributed by atoms with van der Waals surface area (Å²) in [6, 6.07) is 7.61. The molecular weight excluding hydrogens is 410 g/mol. The number of nitrogens with one attached hydrogen (secondary N) is 1. The van der Waals surface area contributed by atoms with Crippen molar-refractivity contribution in [2.75, 3.05) is 43.4 Å². The Balaban J connectivity index is 1.37. The number of halogens is 1. The Kier molecular flexibility index (Phi) is 8.21. The van der Waals surface area contributed by atoms with E-state index < -0.39 is 10.0 Å². The van der Waals surface area contributed by atoms with E-state index in [0.29, 0.717) is 43.5 Å². The molecule has 1 saturated heterocycles. The van der Waals surface area contributed by atoms with Crippen molar-refractivity contribution in [2.24, 2.45) is 5.92 Å². The van der Waals surface area contributed by atoms with Gasteiger partial charge in [-0.05, 0) is 30.5 Å². The minimum atomic E-state index is -3.36. The molecule has 0 radical (unpaired) electrons. The average Bonchev–Trinajstić information content (AvgIpc) is 2.73. The van der Waals surface area contributed by atoms with Crippen LogP contribution in [0.2, 0.25) is 5.02 Å². The molecule has 0 unspecified atom stereocenters. The molecule has 6 nitrogen and oxygen atoms in total. The van der Waals surface area contributed by atoms with Crippen LogP contribution in [-0.2, 0) is 14.8 Å². The number of hydrogen-bond donors (Lipinski definition) is 1. The first kappa shape index (κ1) is 22.4. The third kappa shape index (κ3) is 6.86. The minimum Gasteiger partial charge on any atom is -0.369 e. The van der Waals surface area contributed by atoms with Gasteiger partial charge in [0.05, 0.1) is 5.75 Å². The molecule has 0 spiro atoms. The molecule has 1 amide bonds. The van der Waals surface area contributed by atoms with Crippen molar-refractivity contribution in [2.45, 2.75) is 44.9 Å². The molecular formula is C21H32ClN3O3S. The molecule has 2 fully saturated rings. The average molecular weight is 442 g/mol. The van der Waals surface area contributed by atoms with E-state index in [-0.39, 0.29) is 18.2 Å². The fourth-order valence-electron chi connectivity index (χ4n) is 4.25. The van der Waals surface area contributed by atoms with Crippen molar-refractivity contribution in [1.29, 1.82) is 0 Å². The molecule has 2 aliphatic rings. The lowest BCUT2D eigenvalue weighted by molar-refractivity contribution is -0.121. The van der Waals surface area contributed by atoms with E-state index in [4.69, 9.17) is 11.6 Å². The maximum atomic E-state index is 12.6. The fourth-order valence-corrected chi connectivity index (χ4v) is 5.77. The highest BCUT2D eigenvalue weighted by Gasteiger charge is 2.27. The first-order chi connectivity index (χ1) is 13.9. The predicted octanol–water partition coefficient (Wildman–Crippen LogP) is 3.27. The van der Waals surface area contributed by atoms with E-state index in [9.17, 15) is 13.2 Å². The lowest BCUT2D eigenvalue weighted by Crippen LogP contribution is -2.50. The van der Waals surface area contributed by atoms with E-state index in [1.54, 1.807) is 0 Å². The van der Waals surface area contributed by atoms with Gasteiger partial charge >= 0.3 is 0 Å². The van der Waals surface area contributed by atoms with Crippen LogP contribution in [0.15, 0.2) is 24.3 Å². The van der Waals surface area contributed by atoms with Gasteiger partial charge in [0, 0.05) is 49.9 Å². The van der Waals surface area contributed by atoms with Crippen LogP contribution in [0.1, 0.15) is 44.9 Å². The zero-order valence-electron chi connectivity index (χ0n) is 17.0. The van der Waals surface area contributed by atoms with E-state index in [1.807, 2.05) is 24.3 Å². The summed E-state index contributed by atoms with van der Waals surface area (Å²) in [5, 5.41) is 3.47. The van der Waals surface area contributed by atoms with Gasteiger partial charge in [0.2, 0.25) is 15.9 Å². The number of carbonyl (C=O) groups is 1. The van der Waals surface area contributed by atoms with Gasteiger partial charge < -0.3 is 10.2 Å². The summed E-state index contributed by atoms with van der Waals surface area (Å²) < 4.78 is 26.7. The van der Waals surface area contributed by atoms with Gasteiger partial charge in [0.25, 0.3) is 0 Å². The van der Waals surface area contributed by atoms with Crippen molar-refractivity contribution in [3.63, 3.8) is 0 Å². The lowest BCUT2D eigenvalue weighted by Gasteiger charge is -2.35. The molecule has 29 heavy (non-hydrogen) atoms. The Morgan fingerprint density at radius 1 is 1.10 bits per heavy atom. The van der Waals surface area contributed by atoms with E-state index in [1.165, 1.54) is 36.4 Å². The van der Waals surface area contributed by atoms with Crippen molar-refractivity contribution >= 4 is 33.2 Å². The summed E-state index contributed by atoms with van der Waals surface area (Å²) in [6.07, 6.45) is 7.73. The van der Waals surface area contributed by atoms with Crippen LogP contribution in [0.25, 0.3) is 0 Å². The molecule has 1 N–H and O–H groups in total. The molecule has 0 bridgehead atoms. The quantitative estimate of drug-likeness (QED) is 0.672. The predicted molar refractivity (Wildman–Crippen MR) is 118 cm³/mol. The summed E-state index contributed by atoms with van der Waals surface area (Å²) in [6.45, 7) is 2.34. The van der Waals surface area contributed by atoms with Crippen LogP contribution in [0.5, 0.6) is 0 Å². The standard InChI is InChI=1S/C21H32ClN3O3S/c22-19-7-4-8-20(17-19)24-12-14-25(15-13-24)29(27,28)16-11-23-21(26)10-9-18-5-2-1-3-6-18/h4,7-8,17-18H,1-3,5-6,9-16H2,(H,23,26). The molecule has 1 aromatic carbocycles. The molecule has 162 valence electrons. The van der Waals surface area contributed by atoms with Crippen LogP contribution in [0, 0.1) is 5.92 Å². The maximum Gasteiger partial charge on any atom is 0.220 e. The number of benzene rings is 1. The molecule has 1 heterocycles. The number of rotatable bonds is 8. The van der Waals surface area contributed by atoms with E-state index in [2.05, 4.69) is 10.2 Å². The zero-order valence-corrected chi connectivity index (χ0v) is 18.6. The highest BCUT2D eigenvalue weighted by atomic mass is 35.5. The van der Waals surface area contributed by atoms with Crippen LogP contribution in [-0.4, -0.2) is 57.1 Å². The third-order valence-electron chi connectivity index (χ3n) is 5.99. The first-order valence-electron chi connectivity index (χ1n) is 10.7. The highest BCUT2D eigenvalue weighted by molar-refractivity contribution is 7.89. The van der Waals surface area contributed by atoms with Crippen molar-refractivity contribution < 1.29 is 13.2 Å². The van der Waals surface area contributed by atoms with E-state index in [0.717, 1.165) is 12.1 Å². The number of carbonyl (C=O) groups excluding carboxylic acids is 1. The van der Waals surface area contributed by atoms with E-state index >= 15 is 0 Å². The van der Waals surface area contributed by atoms with Crippen LogP contribution < -0.4 is 10.2 Å². The van der Waals surface area contributed by atoms with Crippen LogP contribution in [0.3, 0.4) is 0 Å². The number of anilines is 1. The van der Waals surface area contributed by atoms with Crippen LogP contribution >= 0.6 is 11.6 Å². The second-order valence-corrected chi connectivity index (χ2v) is 10.6. The van der Waals surface area contributed by atoms with Gasteiger partial charge in [-0.25, -0.2) is 8.42 Å². The molecule has 0 atom stereocenters. The molecule has 3 rings (SSSR count). The van der Waals surface area contributed by atoms with Gasteiger partial charge in [-0.3, -0.25) is 4.79 Å².